The molecule has 27 heavy (non-hydrogen) atoms. The first kappa shape index (κ1) is 16.6. The summed E-state index contributed by atoms with van der Waals surface area (Å²) >= 11 is 0. The van der Waals surface area contributed by atoms with Gasteiger partial charge in [-0.3, -0.25) is 10.1 Å². The van der Waals surface area contributed by atoms with Gasteiger partial charge in [0.1, 0.15) is 17.3 Å². The molecule has 7 nitrogen and oxygen atoms in total. The second-order valence-electron chi connectivity index (χ2n) is 6.03. The molecule has 0 aliphatic carbocycles. The van der Waals surface area contributed by atoms with Crippen molar-refractivity contribution in [3.63, 3.8) is 0 Å². The van der Waals surface area contributed by atoms with E-state index in [0.29, 0.717) is 34.5 Å². The van der Waals surface area contributed by atoms with Crippen LogP contribution in [0.2, 0.25) is 0 Å². The first-order chi connectivity index (χ1) is 13.1. The van der Waals surface area contributed by atoms with Crippen LogP contribution in [0.3, 0.4) is 0 Å². The lowest BCUT2D eigenvalue weighted by Crippen LogP contribution is -2.11. The average molecular weight is 360 g/mol. The fourth-order valence-corrected chi connectivity index (χ4v) is 2.66. The number of aryl methyl sites for hydroxylation is 1. The lowest BCUT2D eigenvalue weighted by molar-refractivity contribution is 0.102. The van der Waals surface area contributed by atoms with Crippen molar-refractivity contribution in [3.8, 4) is 11.5 Å². The van der Waals surface area contributed by atoms with Crippen molar-refractivity contribution >= 4 is 28.4 Å². The van der Waals surface area contributed by atoms with Gasteiger partial charge in [0.2, 0.25) is 5.88 Å². The predicted molar refractivity (Wildman–Crippen MR) is 102 cm³/mol. The highest BCUT2D eigenvalue weighted by atomic mass is 16.5. The van der Waals surface area contributed by atoms with E-state index in [9.17, 15) is 4.79 Å². The lowest BCUT2D eigenvalue weighted by Gasteiger charge is -2.08. The molecule has 134 valence electrons. The molecule has 0 aliphatic heterocycles. The SMILES string of the molecule is Cc1cc(NC(=O)c2ccc3ccc(Oc4ccnc(N)c4)cc3c2)on1. The third-order valence-electron chi connectivity index (χ3n) is 3.93. The second kappa shape index (κ2) is 6.80. The zero-order valence-electron chi connectivity index (χ0n) is 14.5. The van der Waals surface area contributed by atoms with Crippen LogP contribution < -0.4 is 15.8 Å². The molecule has 0 aliphatic rings. The maximum atomic E-state index is 12.4. The zero-order valence-corrected chi connectivity index (χ0v) is 14.5. The van der Waals surface area contributed by atoms with Crippen molar-refractivity contribution in [1.82, 2.24) is 10.1 Å². The van der Waals surface area contributed by atoms with Gasteiger partial charge < -0.3 is 15.0 Å². The highest BCUT2D eigenvalue weighted by molar-refractivity contribution is 6.05. The van der Waals surface area contributed by atoms with Crippen LogP contribution in [0.5, 0.6) is 11.5 Å². The van der Waals surface area contributed by atoms with Gasteiger partial charge in [-0.2, -0.15) is 0 Å². The predicted octanol–water partition coefficient (Wildman–Crippen LogP) is 4.16. The van der Waals surface area contributed by atoms with E-state index in [-0.39, 0.29) is 5.91 Å². The molecule has 0 unspecified atom stereocenters. The number of anilines is 2. The summed E-state index contributed by atoms with van der Waals surface area (Å²) in [5.74, 6) is 1.65. The Labute approximate surface area is 154 Å². The number of pyridine rings is 1. The molecule has 1 amide bonds. The molecular formula is C20H16N4O3. The van der Waals surface area contributed by atoms with E-state index in [0.717, 1.165) is 10.8 Å². The molecule has 0 atom stereocenters. The van der Waals surface area contributed by atoms with Gasteiger partial charge in [-0.15, -0.1) is 0 Å². The Balaban J connectivity index is 1.59. The van der Waals surface area contributed by atoms with Gasteiger partial charge in [-0.25, -0.2) is 4.98 Å². The Bertz CT molecular complexity index is 1140. The van der Waals surface area contributed by atoms with Crippen molar-refractivity contribution in [2.24, 2.45) is 0 Å². The molecular weight excluding hydrogens is 344 g/mol. The number of benzene rings is 2. The Morgan fingerprint density at radius 3 is 2.63 bits per heavy atom. The monoisotopic (exact) mass is 360 g/mol. The minimum absolute atomic E-state index is 0.277. The summed E-state index contributed by atoms with van der Waals surface area (Å²) in [5, 5.41) is 8.30. The molecule has 0 saturated heterocycles. The first-order valence-electron chi connectivity index (χ1n) is 8.25. The Hall–Kier alpha value is -3.87. The number of amides is 1. The number of hydrogen-bond donors (Lipinski definition) is 2. The van der Waals surface area contributed by atoms with Gasteiger partial charge in [-0.1, -0.05) is 17.3 Å². The number of carbonyl (C=O) groups is 1. The van der Waals surface area contributed by atoms with Crippen LogP contribution >= 0.6 is 0 Å². The smallest absolute Gasteiger partial charge is 0.258 e. The largest absolute Gasteiger partial charge is 0.457 e. The van der Waals surface area contributed by atoms with Crippen molar-refractivity contribution in [3.05, 3.63) is 72.1 Å². The number of nitrogens with zero attached hydrogens (tertiary/aromatic N) is 2. The van der Waals surface area contributed by atoms with E-state index in [4.69, 9.17) is 15.0 Å². The third kappa shape index (κ3) is 3.72. The number of nitrogens with one attached hydrogen (secondary N) is 1. The summed E-state index contributed by atoms with van der Waals surface area (Å²) < 4.78 is 10.8. The van der Waals surface area contributed by atoms with Gasteiger partial charge in [0.15, 0.2) is 0 Å². The summed E-state index contributed by atoms with van der Waals surface area (Å²) in [7, 11) is 0. The van der Waals surface area contributed by atoms with Gasteiger partial charge >= 0.3 is 0 Å². The first-order valence-corrected chi connectivity index (χ1v) is 8.25. The lowest BCUT2D eigenvalue weighted by atomic mass is 10.1. The van der Waals surface area contributed by atoms with Gasteiger partial charge in [0.05, 0.1) is 5.69 Å². The summed E-state index contributed by atoms with van der Waals surface area (Å²) in [6.07, 6.45) is 1.58. The van der Waals surface area contributed by atoms with E-state index in [1.165, 1.54) is 0 Å². The Morgan fingerprint density at radius 2 is 1.85 bits per heavy atom. The van der Waals surface area contributed by atoms with Gasteiger partial charge in [0.25, 0.3) is 5.91 Å². The van der Waals surface area contributed by atoms with Crippen LogP contribution in [-0.2, 0) is 0 Å². The molecule has 0 radical (unpaired) electrons. The van der Waals surface area contributed by atoms with Crippen LogP contribution in [0.1, 0.15) is 16.1 Å². The highest BCUT2D eigenvalue weighted by Crippen LogP contribution is 2.27. The quantitative estimate of drug-likeness (QED) is 0.566. The molecule has 2 aromatic carbocycles. The van der Waals surface area contributed by atoms with E-state index >= 15 is 0 Å². The fourth-order valence-electron chi connectivity index (χ4n) is 2.66. The molecule has 0 bridgehead atoms. The van der Waals surface area contributed by atoms with Gasteiger partial charge in [-0.05, 0) is 48.0 Å². The van der Waals surface area contributed by atoms with Crippen molar-refractivity contribution in [2.45, 2.75) is 6.92 Å². The maximum Gasteiger partial charge on any atom is 0.258 e. The molecule has 2 heterocycles. The number of rotatable bonds is 4. The van der Waals surface area contributed by atoms with E-state index in [2.05, 4.69) is 15.5 Å². The minimum atomic E-state index is -0.277. The van der Waals surface area contributed by atoms with Crippen LogP contribution in [0.25, 0.3) is 10.8 Å². The molecule has 0 saturated carbocycles. The van der Waals surface area contributed by atoms with E-state index in [1.54, 1.807) is 43.5 Å². The minimum Gasteiger partial charge on any atom is -0.457 e. The zero-order chi connectivity index (χ0) is 18.8. The number of ether oxygens (including phenoxy) is 1. The van der Waals surface area contributed by atoms with Crippen molar-refractivity contribution < 1.29 is 14.1 Å². The number of carbonyl (C=O) groups excluding carboxylic acids is 1. The van der Waals surface area contributed by atoms with Crippen molar-refractivity contribution in [2.75, 3.05) is 11.1 Å². The number of fused-ring (bicyclic) bond motifs is 1. The average Bonchev–Trinajstić information content (AvgIpc) is 3.06. The Morgan fingerprint density at radius 1 is 1.04 bits per heavy atom. The van der Waals surface area contributed by atoms with Crippen molar-refractivity contribution in [1.29, 1.82) is 0 Å². The molecule has 7 heteroatoms. The molecule has 0 spiro atoms. The van der Waals surface area contributed by atoms with Gasteiger partial charge in [0, 0.05) is 23.9 Å². The topological polar surface area (TPSA) is 103 Å². The summed E-state index contributed by atoms with van der Waals surface area (Å²) in [6, 6.07) is 16.1. The van der Waals surface area contributed by atoms with Crippen LogP contribution in [-0.4, -0.2) is 16.0 Å². The normalized spacial score (nSPS) is 10.7. The standard InChI is InChI=1S/C20H16N4O3/c1-12-8-19(27-24-12)23-20(25)14-3-2-13-4-5-16(10-15(13)9-14)26-17-6-7-22-18(21)11-17/h2-11H,1H3,(H2,21,22)(H,23,25). The highest BCUT2D eigenvalue weighted by Gasteiger charge is 2.10. The molecule has 2 aromatic heterocycles. The van der Waals surface area contributed by atoms with Crippen LogP contribution in [0.4, 0.5) is 11.7 Å². The maximum absolute atomic E-state index is 12.4. The molecule has 0 fully saturated rings. The summed E-state index contributed by atoms with van der Waals surface area (Å²) in [5.41, 5.74) is 6.87. The summed E-state index contributed by atoms with van der Waals surface area (Å²) in [6.45, 7) is 1.78. The number of aromatic nitrogens is 2. The van der Waals surface area contributed by atoms with Crippen LogP contribution in [0, 0.1) is 6.92 Å². The van der Waals surface area contributed by atoms with E-state index in [1.807, 2.05) is 24.3 Å². The fraction of sp³-hybridized carbons (Fsp3) is 0.0500. The number of hydrogen-bond acceptors (Lipinski definition) is 6. The molecule has 4 rings (SSSR count). The number of nitrogen functional groups attached to an aromatic ring is 1. The van der Waals surface area contributed by atoms with E-state index < -0.39 is 0 Å². The molecule has 3 N–H and O–H groups in total. The second-order valence-corrected chi connectivity index (χ2v) is 6.03. The Kier molecular flexibility index (Phi) is 4.18. The third-order valence-corrected chi connectivity index (χ3v) is 3.93. The summed E-state index contributed by atoms with van der Waals surface area (Å²) in [4.78, 5) is 16.4. The number of nitrogens with two attached hydrogens (primary N) is 1. The van der Waals surface area contributed by atoms with Crippen LogP contribution in [0.15, 0.2) is 65.3 Å². The molecule has 4 aromatic rings.